The average molecular weight is 231 g/mol. The first-order chi connectivity index (χ1) is 5.63. The monoisotopic (exact) mass is 230 g/mol. The minimum atomic E-state index is 0. The SMILES string of the molecule is Cc1nccc(Cl)c1Cl.O=N[O-].[Na+]. The van der Waals surface area contributed by atoms with Gasteiger partial charge in [0.1, 0.15) is 0 Å². The van der Waals surface area contributed by atoms with E-state index in [9.17, 15) is 0 Å². The maximum Gasteiger partial charge on any atom is 1.00 e. The van der Waals surface area contributed by atoms with Crippen LogP contribution in [0.3, 0.4) is 0 Å². The topological polar surface area (TPSA) is 65.4 Å². The molecule has 0 unspecified atom stereocenters. The molecule has 0 aliphatic carbocycles. The van der Waals surface area contributed by atoms with Crippen molar-refractivity contribution in [2.45, 2.75) is 6.92 Å². The normalized spacial score (nSPS) is 7.62. The quantitative estimate of drug-likeness (QED) is 0.357. The molecule has 0 radical (unpaired) electrons. The molecule has 0 saturated carbocycles. The van der Waals surface area contributed by atoms with E-state index >= 15 is 0 Å². The van der Waals surface area contributed by atoms with E-state index in [1.165, 1.54) is 0 Å². The van der Waals surface area contributed by atoms with Gasteiger partial charge in [0.25, 0.3) is 0 Å². The van der Waals surface area contributed by atoms with Crippen molar-refractivity contribution in [3.63, 3.8) is 0 Å². The van der Waals surface area contributed by atoms with Gasteiger partial charge in [-0.05, 0) is 13.0 Å². The van der Waals surface area contributed by atoms with Crippen molar-refractivity contribution in [2.75, 3.05) is 0 Å². The molecule has 13 heavy (non-hydrogen) atoms. The molecular weight excluding hydrogens is 226 g/mol. The van der Waals surface area contributed by atoms with Crippen LogP contribution in [0.1, 0.15) is 5.69 Å². The largest absolute Gasteiger partial charge is 1.00 e. The zero-order valence-corrected chi connectivity index (χ0v) is 10.6. The van der Waals surface area contributed by atoms with E-state index in [-0.39, 0.29) is 29.6 Å². The summed E-state index contributed by atoms with van der Waals surface area (Å²) in [5.74, 6) is 0. The van der Waals surface area contributed by atoms with Crippen molar-refractivity contribution in [1.29, 1.82) is 0 Å². The third-order valence-electron chi connectivity index (χ3n) is 1.02. The van der Waals surface area contributed by atoms with E-state index in [1.807, 2.05) is 6.92 Å². The second kappa shape index (κ2) is 8.72. The van der Waals surface area contributed by atoms with E-state index in [2.05, 4.69) is 4.98 Å². The van der Waals surface area contributed by atoms with Crippen LogP contribution in [0.5, 0.6) is 0 Å². The number of pyridine rings is 1. The Bertz CT molecular complexity index is 253. The standard InChI is InChI=1S/C6H5Cl2N.HNO2.Na/c1-4-6(8)5(7)2-3-9-4;2-1-3;/h2-3H,1H3;(H,2,3);/q;;+1/p-1. The Morgan fingerprint density at radius 1 is 1.54 bits per heavy atom. The predicted octanol–water partition coefficient (Wildman–Crippen LogP) is -0.0486. The van der Waals surface area contributed by atoms with E-state index in [4.69, 9.17) is 33.3 Å². The number of rotatable bonds is 0. The number of hydrogen-bond acceptors (Lipinski definition) is 4. The summed E-state index contributed by atoms with van der Waals surface area (Å²) >= 11 is 11.3. The van der Waals surface area contributed by atoms with Gasteiger partial charge in [0.2, 0.25) is 0 Å². The zero-order valence-electron chi connectivity index (χ0n) is 7.12. The first kappa shape index (κ1) is 15.6. The van der Waals surface area contributed by atoms with Crippen molar-refractivity contribution in [3.05, 3.63) is 38.1 Å². The van der Waals surface area contributed by atoms with Crippen LogP contribution in [0.15, 0.2) is 17.6 Å². The van der Waals surface area contributed by atoms with Gasteiger partial charge in [-0.25, -0.2) is 0 Å². The fraction of sp³-hybridized carbons (Fsp3) is 0.167. The zero-order chi connectivity index (χ0) is 9.56. The molecule has 0 amide bonds. The van der Waals surface area contributed by atoms with Gasteiger partial charge in [0.05, 0.1) is 15.7 Å². The fourth-order valence-corrected chi connectivity index (χ4v) is 0.822. The number of halogens is 2. The van der Waals surface area contributed by atoms with E-state index in [1.54, 1.807) is 12.3 Å². The van der Waals surface area contributed by atoms with Crippen LogP contribution in [-0.2, 0) is 0 Å². The second-order valence-corrected chi connectivity index (χ2v) is 2.55. The van der Waals surface area contributed by atoms with Crippen LogP contribution >= 0.6 is 23.2 Å². The summed E-state index contributed by atoms with van der Waals surface area (Å²) in [6.07, 6.45) is 1.63. The van der Waals surface area contributed by atoms with E-state index in [0.717, 1.165) is 11.0 Å². The summed E-state index contributed by atoms with van der Waals surface area (Å²) in [6, 6.07) is 1.66. The van der Waals surface area contributed by atoms with Crippen molar-refractivity contribution < 1.29 is 29.6 Å². The molecule has 0 atom stereocenters. The molecule has 1 aromatic heterocycles. The Labute approximate surface area is 107 Å². The summed E-state index contributed by atoms with van der Waals surface area (Å²) in [5.41, 5.74) is 0.768. The Hall–Kier alpha value is 0.130. The average Bonchev–Trinajstić information content (AvgIpc) is 2.02. The van der Waals surface area contributed by atoms with Crippen LogP contribution in [0, 0.1) is 17.0 Å². The molecule has 0 N–H and O–H groups in total. The molecule has 1 heterocycles. The Kier molecular flexibility index (Phi) is 10.5. The number of nitrogens with zero attached hydrogens (tertiary/aromatic N) is 2. The summed E-state index contributed by atoms with van der Waals surface area (Å²) in [7, 11) is 0. The number of aromatic nitrogens is 1. The van der Waals surface area contributed by atoms with Crippen LogP contribution in [0.25, 0.3) is 0 Å². The summed E-state index contributed by atoms with van der Waals surface area (Å²) in [5, 5.41) is 10.1. The molecule has 0 aliphatic heterocycles. The maximum absolute atomic E-state index is 8.00. The van der Waals surface area contributed by atoms with Crippen molar-refractivity contribution in [2.24, 2.45) is 5.34 Å². The molecule has 7 heteroatoms. The van der Waals surface area contributed by atoms with Crippen LogP contribution in [-0.4, -0.2) is 4.98 Å². The van der Waals surface area contributed by atoms with Crippen LogP contribution in [0.2, 0.25) is 10.0 Å². The Morgan fingerprint density at radius 2 is 2.00 bits per heavy atom. The first-order valence-electron chi connectivity index (χ1n) is 2.85. The third-order valence-corrected chi connectivity index (χ3v) is 1.91. The third kappa shape index (κ3) is 6.23. The molecule has 0 aliphatic rings. The molecule has 0 saturated heterocycles. The fourth-order valence-electron chi connectivity index (χ4n) is 0.517. The molecule has 0 fully saturated rings. The summed E-state index contributed by atoms with van der Waals surface area (Å²) in [4.78, 5) is 11.9. The smallest absolute Gasteiger partial charge is 0.444 e. The van der Waals surface area contributed by atoms with Gasteiger partial charge in [0, 0.05) is 6.20 Å². The molecular formula is C6H5Cl2N2NaO2. The van der Waals surface area contributed by atoms with E-state index in [0.29, 0.717) is 10.0 Å². The van der Waals surface area contributed by atoms with Gasteiger partial charge in [0.15, 0.2) is 0 Å². The van der Waals surface area contributed by atoms with Gasteiger partial charge in [-0.15, -0.1) is 5.34 Å². The molecule has 0 spiro atoms. The summed E-state index contributed by atoms with van der Waals surface area (Å²) in [6.45, 7) is 1.81. The molecule has 4 nitrogen and oxygen atoms in total. The Morgan fingerprint density at radius 3 is 2.31 bits per heavy atom. The van der Waals surface area contributed by atoms with Crippen molar-refractivity contribution >= 4 is 23.2 Å². The van der Waals surface area contributed by atoms with Crippen LogP contribution < -0.4 is 29.6 Å². The van der Waals surface area contributed by atoms with Crippen molar-refractivity contribution in [3.8, 4) is 0 Å². The maximum atomic E-state index is 8.00. The van der Waals surface area contributed by atoms with Gasteiger partial charge in [-0.2, -0.15) is 0 Å². The van der Waals surface area contributed by atoms with E-state index < -0.39 is 0 Å². The van der Waals surface area contributed by atoms with Gasteiger partial charge in [-0.3, -0.25) is 4.98 Å². The van der Waals surface area contributed by atoms with Crippen LogP contribution in [0.4, 0.5) is 0 Å². The number of hydrogen-bond donors (Lipinski definition) is 0. The molecule has 0 aromatic carbocycles. The number of aryl methyl sites for hydroxylation is 1. The first-order valence-corrected chi connectivity index (χ1v) is 3.60. The molecule has 66 valence electrons. The molecule has 1 rings (SSSR count). The van der Waals surface area contributed by atoms with Gasteiger partial charge >= 0.3 is 29.6 Å². The van der Waals surface area contributed by atoms with Crippen molar-refractivity contribution in [1.82, 2.24) is 4.98 Å². The molecule has 1 aromatic rings. The minimum absolute atomic E-state index is 0. The summed E-state index contributed by atoms with van der Waals surface area (Å²) < 4.78 is 0. The predicted molar refractivity (Wildman–Crippen MR) is 48.2 cm³/mol. The second-order valence-electron chi connectivity index (χ2n) is 1.77. The Balaban J connectivity index is 0. The van der Waals surface area contributed by atoms with Gasteiger partial charge in [-0.1, -0.05) is 23.2 Å². The van der Waals surface area contributed by atoms with Gasteiger partial charge < -0.3 is 10.1 Å². The molecule has 0 bridgehead atoms. The minimum Gasteiger partial charge on any atom is -0.444 e.